The van der Waals surface area contributed by atoms with Crippen LogP contribution in [-0.2, 0) is 4.74 Å². The van der Waals surface area contributed by atoms with E-state index in [2.05, 4.69) is 27.7 Å². The van der Waals surface area contributed by atoms with Gasteiger partial charge >= 0.3 is 6.03 Å². The summed E-state index contributed by atoms with van der Waals surface area (Å²) in [5.41, 5.74) is 1.21. The van der Waals surface area contributed by atoms with Crippen LogP contribution < -0.4 is 15.4 Å². The maximum absolute atomic E-state index is 11.9. The molecule has 6 nitrogen and oxygen atoms in total. The van der Waals surface area contributed by atoms with Crippen LogP contribution in [0.1, 0.15) is 31.4 Å². The van der Waals surface area contributed by atoms with Crippen LogP contribution in [0.4, 0.5) is 4.79 Å². The van der Waals surface area contributed by atoms with E-state index in [4.69, 9.17) is 9.47 Å². The quantitative estimate of drug-likeness (QED) is 0.679. The Balaban J connectivity index is 1.95. The molecule has 0 bridgehead atoms. The Kier molecular flexibility index (Phi) is 7.85. The number of carbonyl (C=O) groups excluding carboxylic acids is 1. The fourth-order valence-electron chi connectivity index (χ4n) is 2.98. The molecule has 0 aromatic heterocycles. The fourth-order valence-corrected chi connectivity index (χ4v) is 2.98. The molecule has 1 fully saturated rings. The van der Waals surface area contributed by atoms with Gasteiger partial charge in [0.25, 0.3) is 0 Å². The van der Waals surface area contributed by atoms with E-state index in [-0.39, 0.29) is 12.1 Å². The molecule has 6 heteroatoms. The number of amides is 2. The van der Waals surface area contributed by atoms with Crippen molar-refractivity contribution in [2.24, 2.45) is 0 Å². The summed E-state index contributed by atoms with van der Waals surface area (Å²) < 4.78 is 10.5. The lowest BCUT2D eigenvalue weighted by molar-refractivity contribution is 0.193. The Morgan fingerprint density at radius 3 is 2.54 bits per heavy atom. The van der Waals surface area contributed by atoms with Crippen molar-refractivity contribution >= 4 is 6.03 Å². The molecule has 0 aliphatic carbocycles. The standard InChI is InChI=1S/C18H29N3O3/c1-3-24-16-8-6-15(7-9-16)17(21-11-4-5-12-21)14-20-18(22)19-10-13-23-2/h6-9,17H,3-5,10-14H2,1-2H3,(H2,19,20,22). The molecule has 1 saturated heterocycles. The number of nitrogens with one attached hydrogen (secondary N) is 2. The number of urea groups is 1. The molecular formula is C18H29N3O3. The van der Waals surface area contributed by atoms with E-state index in [0.717, 1.165) is 18.8 Å². The van der Waals surface area contributed by atoms with Gasteiger partial charge in [-0.25, -0.2) is 4.79 Å². The van der Waals surface area contributed by atoms with Gasteiger partial charge in [-0.3, -0.25) is 4.90 Å². The van der Waals surface area contributed by atoms with Crippen molar-refractivity contribution in [1.29, 1.82) is 0 Å². The van der Waals surface area contributed by atoms with Crippen LogP contribution >= 0.6 is 0 Å². The molecule has 0 radical (unpaired) electrons. The van der Waals surface area contributed by atoms with E-state index in [9.17, 15) is 4.79 Å². The van der Waals surface area contributed by atoms with Crippen LogP contribution in [-0.4, -0.2) is 57.4 Å². The van der Waals surface area contributed by atoms with Crippen molar-refractivity contribution in [2.45, 2.75) is 25.8 Å². The van der Waals surface area contributed by atoms with E-state index >= 15 is 0 Å². The summed E-state index contributed by atoms with van der Waals surface area (Å²) in [6.07, 6.45) is 2.43. The van der Waals surface area contributed by atoms with Crippen LogP contribution in [0.3, 0.4) is 0 Å². The number of methoxy groups -OCH3 is 1. The molecule has 2 amide bonds. The number of hydrogen-bond donors (Lipinski definition) is 2. The first-order valence-electron chi connectivity index (χ1n) is 8.72. The first kappa shape index (κ1) is 18.5. The van der Waals surface area contributed by atoms with E-state index in [1.54, 1.807) is 7.11 Å². The van der Waals surface area contributed by atoms with Gasteiger partial charge in [-0.2, -0.15) is 0 Å². The highest BCUT2D eigenvalue weighted by Gasteiger charge is 2.23. The largest absolute Gasteiger partial charge is 0.494 e. The summed E-state index contributed by atoms with van der Waals surface area (Å²) in [6.45, 7) is 6.41. The van der Waals surface area contributed by atoms with Crippen molar-refractivity contribution in [3.05, 3.63) is 29.8 Å². The molecule has 1 atom stereocenters. The maximum atomic E-state index is 11.9. The molecule has 1 aromatic carbocycles. The van der Waals surface area contributed by atoms with Crippen molar-refractivity contribution in [3.8, 4) is 5.75 Å². The second-order valence-corrected chi connectivity index (χ2v) is 5.89. The van der Waals surface area contributed by atoms with Crippen molar-refractivity contribution in [2.75, 3.05) is 46.5 Å². The van der Waals surface area contributed by atoms with Gasteiger partial charge < -0.3 is 20.1 Å². The van der Waals surface area contributed by atoms with Crippen molar-refractivity contribution in [1.82, 2.24) is 15.5 Å². The first-order valence-corrected chi connectivity index (χ1v) is 8.72. The van der Waals surface area contributed by atoms with Crippen LogP contribution in [0, 0.1) is 0 Å². The Labute approximate surface area is 144 Å². The summed E-state index contributed by atoms with van der Waals surface area (Å²) in [7, 11) is 1.62. The predicted molar refractivity (Wildman–Crippen MR) is 94.4 cm³/mol. The Morgan fingerprint density at radius 2 is 1.92 bits per heavy atom. The average molecular weight is 335 g/mol. The fraction of sp³-hybridized carbons (Fsp3) is 0.611. The average Bonchev–Trinajstić information content (AvgIpc) is 3.11. The molecule has 24 heavy (non-hydrogen) atoms. The topological polar surface area (TPSA) is 62.8 Å². The Bertz CT molecular complexity index is 487. The summed E-state index contributed by atoms with van der Waals surface area (Å²) in [6, 6.07) is 8.23. The van der Waals surface area contributed by atoms with Crippen molar-refractivity contribution < 1.29 is 14.3 Å². The minimum atomic E-state index is -0.151. The van der Waals surface area contributed by atoms with Crippen LogP contribution in [0.2, 0.25) is 0 Å². The second kappa shape index (κ2) is 10.2. The zero-order valence-corrected chi connectivity index (χ0v) is 14.7. The number of benzene rings is 1. The van der Waals surface area contributed by atoms with Gasteiger partial charge in [0.05, 0.1) is 19.3 Å². The molecule has 134 valence electrons. The van der Waals surface area contributed by atoms with E-state index in [0.29, 0.717) is 26.3 Å². The number of ether oxygens (including phenoxy) is 2. The van der Waals surface area contributed by atoms with Crippen molar-refractivity contribution in [3.63, 3.8) is 0 Å². The molecule has 1 unspecified atom stereocenters. The Morgan fingerprint density at radius 1 is 1.21 bits per heavy atom. The third-order valence-corrected chi connectivity index (χ3v) is 4.21. The first-order chi connectivity index (χ1) is 11.7. The smallest absolute Gasteiger partial charge is 0.314 e. The number of hydrogen-bond acceptors (Lipinski definition) is 4. The van der Waals surface area contributed by atoms with Crippen LogP contribution in [0.5, 0.6) is 5.75 Å². The van der Waals surface area contributed by atoms with Crippen LogP contribution in [0.15, 0.2) is 24.3 Å². The van der Waals surface area contributed by atoms with Gasteiger partial charge in [-0.05, 0) is 50.6 Å². The molecule has 2 rings (SSSR count). The summed E-state index contributed by atoms with van der Waals surface area (Å²) in [5, 5.41) is 5.77. The lowest BCUT2D eigenvalue weighted by Crippen LogP contribution is -2.42. The molecule has 0 spiro atoms. The van der Waals surface area contributed by atoms with Gasteiger partial charge in [0.1, 0.15) is 5.75 Å². The third kappa shape index (κ3) is 5.69. The molecular weight excluding hydrogens is 306 g/mol. The van der Waals surface area contributed by atoms with Gasteiger partial charge in [0, 0.05) is 20.2 Å². The predicted octanol–water partition coefficient (Wildman–Crippen LogP) is 2.17. The molecule has 1 aromatic rings. The van der Waals surface area contributed by atoms with Gasteiger partial charge in [0.2, 0.25) is 0 Å². The molecule has 1 heterocycles. The number of nitrogens with zero attached hydrogens (tertiary/aromatic N) is 1. The van der Waals surface area contributed by atoms with Gasteiger partial charge in [0.15, 0.2) is 0 Å². The summed E-state index contributed by atoms with van der Waals surface area (Å²) >= 11 is 0. The lowest BCUT2D eigenvalue weighted by Gasteiger charge is -2.28. The zero-order chi connectivity index (χ0) is 17.2. The van der Waals surface area contributed by atoms with Gasteiger partial charge in [-0.1, -0.05) is 12.1 Å². The SMILES string of the molecule is CCOc1ccc(C(CNC(=O)NCCOC)N2CCCC2)cc1. The lowest BCUT2D eigenvalue weighted by atomic mass is 10.1. The second-order valence-electron chi connectivity index (χ2n) is 5.89. The molecule has 1 aliphatic rings. The van der Waals surface area contributed by atoms with E-state index in [1.807, 2.05) is 19.1 Å². The number of carbonyl (C=O) groups is 1. The highest BCUT2D eigenvalue weighted by atomic mass is 16.5. The monoisotopic (exact) mass is 335 g/mol. The number of likely N-dealkylation sites (tertiary alicyclic amines) is 1. The van der Waals surface area contributed by atoms with E-state index in [1.165, 1.54) is 18.4 Å². The minimum absolute atomic E-state index is 0.151. The van der Waals surface area contributed by atoms with Gasteiger partial charge in [-0.15, -0.1) is 0 Å². The number of rotatable bonds is 9. The summed E-state index contributed by atoms with van der Waals surface area (Å²) in [5.74, 6) is 0.881. The molecule has 2 N–H and O–H groups in total. The highest BCUT2D eigenvalue weighted by Crippen LogP contribution is 2.26. The highest BCUT2D eigenvalue weighted by molar-refractivity contribution is 5.73. The molecule has 1 aliphatic heterocycles. The summed E-state index contributed by atoms with van der Waals surface area (Å²) in [4.78, 5) is 14.3. The van der Waals surface area contributed by atoms with Crippen LogP contribution in [0.25, 0.3) is 0 Å². The third-order valence-electron chi connectivity index (χ3n) is 4.21. The normalized spacial score (nSPS) is 15.9. The molecule has 0 saturated carbocycles. The minimum Gasteiger partial charge on any atom is -0.494 e. The maximum Gasteiger partial charge on any atom is 0.314 e. The van der Waals surface area contributed by atoms with E-state index < -0.39 is 0 Å². The zero-order valence-electron chi connectivity index (χ0n) is 14.7. The Hall–Kier alpha value is -1.79.